The lowest BCUT2D eigenvalue weighted by molar-refractivity contribution is -0.368. The lowest BCUT2D eigenvalue weighted by Crippen LogP contribution is -2.64. The van der Waals surface area contributed by atoms with E-state index < -0.39 is 135 Å². The van der Waals surface area contributed by atoms with E-state index in [1.54, 1.807) is 0 Å². The van der Waals surface area contributed by atoms with Crippen molar-refractivity contribution in [3.05, 3.63) is 0 Å². The first-order chi connectivity index (χ1) is 20.8. The molecule has 18 atom stereocenters. The van der Waals surface area contributed by atoms with Gasteiger partial charge in [0.2, 0.25) is 0 Å². The van der Waals surface area contributed by atoms with Gasteiger partial charge in [0.1, 0.15) is 61.0 Å². The molecule has 5 fully saturated rings. The van der Waals surface area contributed by atoms with Crippen molar-refractivity contribution < 1.29 is 85.0 Å². The number of fused-ring (bicyclic) bond motifs is 1. The molecule has 3 aliphatic heterocycles. The van der Waals surface area contributed by atoms with Gasteiger partial charge in [-0.3, -0.25) is 0 Å². The summed E-state index contributed by atoms with van der Waals surface area (Å²) in [6.45, 7) is -1.34. The van der Waals surface area contributed by atoms with E-state index in [4.69, 9.17) is 23.7 Å². The van der Waals surface area contributed by atoms with Gasteiger partial charge < -0.3 is 85.0 Å². The van der Waals surface area contributed by atoms with Gasteiger partial charge in [-0.15, -0.1) is 0 Å². The van der Waals surface area contributed by atoms with Crippen molar-refractivity contribution in [3.63, 3.8) is 0 Å². The minimum Gasteiger partial charge on any atom is -0.427 e. The summed E-state index contributed by atoms with van der Waals surface area (Å²) in [5.41, 5.74) is 0. The SMILES string of the molecule is OCC1OC(OC2CC(O)CC3[OH+]C(C4CC(O)C(O)C(O)C4)C(OC4OC(CO)C(O)C(O)C4O)CC23)C(O)C(O)C1O. The molecule has 3 heterocycles. The van der Waals surface area contributed by atoms with Gasteiger partial charge in [0.25, 0.3) is 0 Å². The number of hydrogen-bond acceptors (Lipinski definition) is 16. The fourth-order valence-corrected chi connectivity index (χ4v) is 7.40. The highest BCUT2D eigenvalue weighted by Crippen LogP contribution is 2.43. The Morgan fingerprint density at radius 2 is 1.05 bits per heavy atom. The Kier molecular flexibility index (Phi) is 11.2. The Balaban J connectivity index is 1.39. The van der Waals surface area contributed by atoms with Crippen molar-refractivity contribution in [1.29, 1.82) is 0 Å². The third-order valence-electron chi connectivity index (χ3n) is 9.91. The molecule has 17 heteroatoms. The lowest BCUT2D eigenvalue weighted by atomic mass is 9.72. The van der Waals surface area contributed by atoms with E-state index in [0.29, 0.717) is 0 Å². The number of aliphatic hydroxyl groups excluding tert-OH is 12. The highest BCUT2D eigenvalue weighted by molar-refractivity contribution is 5.00. The summed E-state index contributed by atoms with van der Waals surface area (Å²) in [5.74, 6) is -1.04. The van der Waals surface area contributed by atoms with E-state index in [9.17, 15) is 61.3 Å². The van der Waals surface area contributed by atoms with Crippen molar-refractivity contribution in [2.75, 3.05) is 13.2 Å². The van der Waals surface area contributed by atoms with Crippen LogP contribution >= 0.6 is 0 Å². The zero-order chi connectivity index (χ0) is 32.0. The molecule has 0 amide bonds. The second kappa shape index (κ2) is 14.2. The molecule has 3 saturated heterocycles. The first kappa shape index (κ1) is 34.6. The van der Waals surface area contributed by atoms with Crippen LogP contribution in [0.4, 0.5) is 0 Å². The van der Waals surface area contributed by atoms with E-state index in [2.05, 4.69) is 0 Å². The Hall–Kier alpha value is -0.680. The predicted molar refractivity (Wildman–Crippen MR) is 141 cm³/mol. The molecule has 0 aromatic rings. The third kappa shape index (κ3) is 6.81. The molecule has 2 saturated carbocycles. The van der Waals surface area contributed by atoms with Crippen molar-refractivity contribution in [2.24, 2.45) is 11.8 Å². The van der Waals surface area contributed by atoms with Gasteiger partial charge >= 0.3 is 0 Å². The fourth-order valence-electron chi connectivity index (χ4n) is 7.40. The van der Waals surface area contributed by atoms with Crippen LogP contribution < -0.4 is 0 Å². The average molecular weight is 644 g/mol. The van der Waals surface area contributed by atoms with Gasteiger partial charge in [-0.05, 0) is 19.3 Å². The quantitative estimate of drug-likeness (QED) is 0.115. The van der Waals surface area contributed by atoms with Crippen LogP contribution in [0, 0.1) is 11.8 Å². The molecule has 0 spiro atoms. The van der Waals surface area contributed by atoms with E-state index in [0.717, 1.165) is 0 Å². The zero-order valence-corrected chi connectivity index (χ0v) is 23.9. The minimum atomic E-state index is -1.72. The van der Waals surface area contributed by atoms with E-state index in [1.165, 1.54) is 0 Å². The Morgan fingerprint density at radius 3 is 1.55 bits per heavy atom. The van der Waals surface area contributed by atoms with Crippen molar-refractivity contribution in [2.45, 2.75) is 142 Å². The van der Waals surface area contributed by atoms with Crippen LogP contribution in [0.3, 0.4) is 0 Å². The van der Waals surface area contributed by atoms with Gasteiger partial charge in [-0.2, -0.15) is 0 Å². The molecule has 5 aliphatic rings. The van der Waals surface area contributed by atoms with Crippen LogP contribution in [0.2, 0.25) is 0 Å². The van der Waals surface area contributed by atoms with Crippen LogP contribution in [-0.4, -0.2) is 189 Å². The highest BCUT2D eigenvalue weighted by Gasteiger charge is 2.57. The van der Waals surface area contributed by atoms with Crippen LogP contribution in [0.1, 0.15) is 32.1 Å². The molecule has 0 bridgehead atoms. The van der Waals surface area contributed by atoms with E-state index >= 15 is 0 Å². The minimum absolute atomic E-state index is 0.0473. The molecule has 44 heavy (non-hydrogen) atoms. The lowest BCUT2D eigenvalue weighted by Gasteiger charge is -2.50. The van der Waals surface area contributed by atoms with Crippen LogP contribution in [0.25, 0.3) is 0 Å². The molecule has 5 rings (SSSR count). The first-order valence-electron chi connectivity index (χ1n) is 15.2. The van der Waals surface area contributed by atoms with Gasteiger partial charge in [0.15, 0.2) is 24.8 Å². The normalized spacial score (nSPS) is 55.4. The van der Waals surface area contributed by atoms with Crippen LogP contribution in [0.5, 0.6) is 0 Å². The summed E-state index contributed by atoms with van der Waals surface area (Å²) < 4.78 is 28.3. The summed E-state index contributed by atoms with van der Waals surface area (Å²) >= 11 is 0. The van der Waals surface area contributed by atoms with Gasteiger partial charge in [0.05, 0.1) is 43.5 Å². The molecule has 18 unspecified atom stereocenters. The van der Waals surface area contributed by atoms with E-state index in [-0.39, 0.29) is 32.1 Å². The van der Waals surface area contributed by atoms with Crippen molar-refractivity contribution >= 4 is 0 Å². The Bertz CT molecular complexity index is 915. The van der Waals surface area contributed by atoms with Crippen LogP contribution in [0.15, 0.2) is 0 Å². The average Bonchev–Trinajstić information content (AvgIpc) is 2.99. The molecule has 13 N–H and O–H groups in total. The largest absolute Gasteiger partial charge is 0.427 e. The van der Waals surface area contributed by atoms with Gasteiger partial charge in [0, 0.05) is 18.8 Å². The van der Waals surface area contributed by atoms with Gasteiger partial charge in [-0.25, -0.2) is 0 Å². The standard InChI is InChI=1S/C27H46O17/c28-6-16-19(34)21(36)23(38)26(43-16)41-14-4-9(30)3-13-10(14)5-15(25(40-13)8-1-11(31)18(33)12(32)2-8)42-27-24(39)22(37)20(35)17(7-29)44-27/h8-39H,1-7H2/p+1. The smallest absolute Gasteiger partial charge is 0.187 e. The van der Waals surface area contributed by atoms with Crippen molar-refractivity contribution in [1.82, 2.24) is 0 Å². The summed E-state index contributed by atoms with van der Waals surface area (Å²) in [6, 6.07) is 0. The maximum atomic E-state index is 10.7. The molecule has 17 nitrogen and oxygen atoms in total. The van der Waals surface area contributed by atoms with E-state index in [1.807, 2.05) is 0 Å². The molecule has 0 aromatic carbocycles. The maximum Gasteiger partial charge on any atom is 0.187 e. The third-order valence-corrected chi connectivity index (χ3v) is 9.91. The second-order valence-corrected chi connectivity index (χ2v) is 12.8. The fraction of sp³-hybridized carbons (Fsp3) is 1.00. The number of hydrogen-bond donors (Lipinski definition) is 12. The predicted octanol–water partition coefficient (Wildman–Crippen LogP) is -6.71. The Morgan fingerprint density at radius 1 is 0.545 bits per heavy atom. The summed E-state index contributed by atoms with van der Waals surface area (Å²) in [7, 11) is 0. The van der Waals surface area contributed by atoms with Crippen molar-refractivity contribution in [3.8, 4) is 0 Å². The molecule has 256 valence electrons. The van der Waals surface area contributed by atoms with Crippen LogP contribution in [-0.2, 0) is 18.9 Å². The number of aliphatic hydroxyl groups is 14. The molecular weight excluding hydrogens is 596 g/mol. The van der Waals surface area contributed by atoms with Gasteiger partial charge in [-0.1, -0.05) is 0 Å². The summed E-state index contributed by atoms with van der Waals surface area (Å²) in [4.78, 5) is 0. The zero-order valence-electron chi connectivity index (χ0n) is 23.9. The molecular formula is C27H47O17+. The highest BCUT2D eigenvalue weighted by atomic mass is 16.7. The summed E-state index contributed by atoms with van der Waals surface area (Å²) in [5, 5.41) is 123. The summed E-state index contributed by atoms with van der Waals surface area (Å²) in [6.07, 6.45) is -22.8. The topological polar surface area (TPSA) is 292 Å². The molecule has 2 aliphatic carbocycles. The molecule has 0 radical (unpaired) electrons. The maximum absolute atomic E-state index is 10.7. The first-order valence-corrected chi connectivity index (χ1v) is 15.2. The second-order valence-electron chi connectivity index (χ2n) is 12.8. The monoisotopic (exact) mass is 643 g/mol. The Labute approximate surface area is 252 Å². The number of ether oxygens (including phenoxy) is 5. The molecule has 0 aromatic heterocycles. The number of rotatable bonds is 7.